The molecule has 468 valence electrons. The number of hydrogen-bond donors (Lipinski definition) is 2. The summed E-state index contributed by atoms with van der Waals surface area (Å²) < 4.78 is 76.3. The van der Waals surface area contributed by atoms with Crippen molar-refractivity contribution < 1.29 is 91.1 Å². The number of amides is 1. The Morgan fingerprint density at radius 3 is 2.12 bits per heavy atom. The Labute approximate surface area is 481 Å². The van der Waals surface area contributed by atoms with Gasteiger partial charge in [-0.25, -0.2) is 4.79 Å². The van der Waals surface area contributed by atoms with Gasteiger partial charge in [0.1, 0.15) is 43.7 Å². The molecular weight excluding hydrogens is 1060 g/mol. The summed E-state index contributed by atoms with van der Waals surface area (Å²) in [6, 6.07) is 0.0147. The molecule has 22 atom stereocenters. The average molecular weight is 1160 g/mol. The number of methoxy groups -OCH3 is 2. The zero-order valence-corrected chi connectivity index (χ0v) is 51.8. The molecule has 0 bridgehead atoms. The Balaban J connectivity index is 1.70. The number of oxime groups is 1. The average Bonchev–Trinajstić information content (AvgIpc) is 3.59. The van der Waals surface area contributed by atoms with E-state index in [2.05, 4.69) is 21.9 Å². The molecule has 1 amide bonds. The predicted octanol–water partition coefficient (Wildman–Crippen LogP) is 4.68. The second-order valence-corrected chi connectivity index (χ2v) is 24.5. The molecule has 81 heavy (non-hydrogen) atoms. The minimum absolute atomic E-state index is 0.0142. The van der Waals surface area contributed by atoms with Crippen LogP contribution in [0, 0.1) is 41.4 Å². The minimum Gasteiger partial charge on any atom is -0.461 e. The van der Waals surface area contributed by atoms with Gasteiger partial charge in [0.15, 0.2) is 30.3 Å². The van der Waals surface area contributed by atoms with Crippen LogP contribution < -0.4 is 0 Å². The second-order valence-electron chi connectivity index (χ2n) is 24.5. The molecule has 0 aromatic rings. The monoisotopic (exact) mass is 1160 g/mol. The molecule has 0 aromatic carbocycles. The molecule has 5 rings (SSSR count). The Morgan fingerprint density at radius 2 is 1.49 bits per heavy atom. The van der Waals surface area contributed by atoms with E-state index in [0.717, 1.165) is 0 Å². The van der Waals surface area contributed by atoms with Crippen LogP contribution in [0.5, 0.6) is 0 Å². The highest BCUT2D eigenvalue weighted by Crippen LogP contribution is 2.41. The number of ketones is 1. The molecule has 5 aliphatic rings. The summed E-state index contributed by atoms with van der Waals surface area (Å²) >= 11 is 0. The van der Waals surface area contributed by atoms with Crippen LogP contribution in [0.15, 0.2) is 5.16 Å². The molecule has 5 fully saturated rings. The quantitative estimate of drug-likeness (QED) is 0.107. The number of cyclic esters (lactones) is 1. The molecule has 23 nitrogen and oxygen atoms in total. The summed E-state index contributed by atoms with van der Waals surface area (Å²) in [7, 11) is 7.94. The summed E-state index contributed by atoms with van der Waals surface area (Å²) in [5.41, 5.74) is -1.64. The fourth-order valence-electron chi connectivity index (χ4n) is 12.2. The number of esters is 2. The number of rotatable bonds is 18. The van der Waals surface area contributed by atoms with E-state index in [4.69, 9.17) is 61.7 Å². The molecule has 23 heteroatoms. The van der Waals surface area contributed by atoms with Gasteiger partial charge >= 0.3 is 18.0 Å². The number of morpholine rings is 1. The van der Waals surface area contributed by atoms with Crippen LogP contribution >= 0.6 is 0 Å². The van der Waals surface area contributed by atoms with Crippen molar-refractivity contribution in [2.75, 3.05) is 88.0 Å². The van der Waals surface area contributed by atoms with Crippen LogP contribution in [0.4, 0.5) is 4.79 Å². The van der Waals surface area contributed by atoms with Gasteiger partial charge in [0.05, 0.1) is 67.9 Å². The van der Waals surface area contributed by atoms with E-state index in [1.54, 1.807) is 41.7 Å². The van der Waals surface area contributed by atoms with Gasteiger partial charge in [-0.1, -0.05) is 53.6 Å². The Morgan fingerprint density at radius 1 is 0.827 bits per heavy atom. The first-order valence-electron chi connectivity index (χ1n) is 29.4. The number of carbonyl (C=O) groups excluding carboxylic acids is 4. The van der Waals surface area contributed by atoms with E-state index >= 15 is 9.59 Å². The number of aliphatic hydroxyl groups is 2. The maximum atomic E-state index is 16.0. The number of hydrogen-bond acceptors (Lipinski definition) is 22. The van der Waals surface area contributed by atoms with Crippen LogP contribution in [-0.4, -0.2) is 240 Å². The van der Waals surface area contributed by atoms with Gasteiger partial charge in [0, 0.05) is 97.0 Å². The van der Waals surface area contributed by atoms with E-state index in [9.17, 15) is 19.8 Å². The van der Waals surface area contributed by atoms with Gasteiger partial charge in [0.25, 0.3) is 0 Å². The van der Waals surface area contributed by atoms with E-state index in [-0.39, 0.29) is 50.5 Å². The molecule has 1 unspecified atom stereocenters. The number of likely N-dealkylation sites (N-methyl/N-ethyl adjacent to an activating group) is 2. The lowest BCUT2D eigenvalue weighted by Gasteiger charge is -2.45. The van der Waals surface area contributed by atoms with E-state index < -0.39 is 145 Å². The van der Waals surface area contributed by atoms with Crippen molar-refractivity contribution in [3.8, 4) is 0 Å². The second kappa shape index (κ2) is 31.3. The molecule has 5 saturated heterocycles. The molecule has 5 heterocycles. The molecule has 0 radical (unpaired) electrons. The topological polar surface area (TPSA) is 251 Å². The molecular formula is C58H102N4O19. The van der Waals surface area contributed by atoms with Crippen molar-refractivity contribution in [1.82, 2.24) is 14.7 Å². The fraction of sp³-hybridized carbons (Fsp3) is 0.914. The van der Waals surface area contributed by atoms with Gasteiger partial charge in [-0.05, 0) is 66.8 Å². The highest BCUT2D eigenvalue weighted by molar-refractivity contribution is 5.91. The van der Waals surface area contributed by atoms with Gasteiger partial charge in [-0.15, -0.1) is 0 Å². The summed E-state index contributed by atoms with van der Waals surface area (Å²) in [4.78, 5) is 71.0. The number of Topliss-reactive ketones (excluding diaryl/α,β-unsaturated/α-hetero) is 1. The van der Waals surface area contributed by atoms with Crippen molar-refractivity contribution in [1.29, 1.82) is 0 Å². The lowest BCUT2D eigenvalue weighted by molar-refractivity contribution is -0.305. The smallest absolute Gasteiger partial charge is 0.410 e. The Kier molecular flexibility index (Phi) is 26.5. The third kappa shape index (κ3) is 18.2. The van der Waals surface area contributed by atoms with Crippen LogP contribution in [0.1, 0.15) is 116 Å². The first kappa shape index (κ1) is 68.6. The summed E-state index contributed by atoms with van der Waals surface area (Å²) in [5, 5.41) is 26.9. The summed E-state index contributed by atoms with van der Waals surface area (Å²) in [6.07, 6.45) is -13.3. The maximum Gasteiger partial charge on any atom is 0.410 e. The lowest BCUT2D eigenvalue weighted by atomic mass is 9.74. The zero-order valence-electron chi connectivity index (χ0n) is 51.8. The molecule has 0 aromatic heterocycles. The van der Waals surface area contributed by atoms with Crippen LogP contribution in [0.25, 0.3) is 0 Å². The van der Waals surface area contributed by atoms with Crippen molar-refractivity contribution in [2.24, 2.45) is 46.6 Å². The number of aliphatic hydroxyl groups excluding tert-OH is 2. The number of carbonyl (C=O) groups is 4. The van der Waals surface area contributed by atoms with Gasteiger partial charge in [-0.3, -0.25) is 19.3 Å². The Hall–Kier alpha value is -3.17. The SMILES string of the molecule is CO/N=C1\C[C@@H](C)O[C@@H](O[C@@H]2[C@@H](C)[C@H](O[C@H]3CC(C)N(C)C[C@H](C)O3)[C@@H](C)C(=O)O[C@H]([C@@H](C)CO[C@@H]3O[C@H](C)[C@@H](O)[C@@H](OC)[C@H]3OC)[C@H](C)[C@@H](OC(=O)CC(C)C)[C@@H](C)C(=O)[C@@](C)(OC(=O)N(C)CCN3CCOCC3)C[C@@H]2C)[C@@H]1O. The van der Waals surface area contributed by atoms with Gasteiger partial charge in [-0.2, -0.15) is 0 Å². The van der Waals surface area contributed by atoms with E-state index in [0.29, 0.717) is 51.5 Å². The van der Waals surface area contributed by atoms with Crippen LogP contribution in [0.2, 0.25) is 0 Å². The zero-order chi connectivity index (χ0) is 60.2. The highest BCUT2D eigenvalue weighted by Gasteiger charge is 2.53. The molecule has 2 N–H and O–H groups in total. The molecule has 0 spiro atoms. The largest absolute Gasteiger partial charge is 0.461 e. The third-order valence-corrected chi connectivity index (χ3v) is 17.1. The molecule has 0 aliphatic carbocycles. The van der Waals surface area contributed by atoms with E-state index in [1.807, 2.05) is 55.5 Å². The van der Waals surface area contributed by atoms with Crippen molar-refractivity contribution >= 4 is 29.5 Å². The summed E-state index contributed by atoms with van der Waals surface area (Å²) in [6.45, 7) is 27.4. The van der Waals surface area contributed by atoms with Gasteiger partial charge in [0.2, 0.25) is 0 Å². The predicted molar refractivity (Wildman–Crippen MR) is 297 cm³/mol. The van der Waals surface area contributed by atoms with Crippen LogP contribution in [0.3, 0.4) is 0 Å². The standard InChI is InChI=1S/C58H102N4O19/c1-31(2)25-43(63)77-49-38(9)48(33(4)30-73-56-52(70-17)51(69-16)45(64)41(12)76-56)79-54(67)40(11)50(78-44-26-34(5)61(15)29-36(7)74-44)37(8)47(80-55-46(65)42(59-71-18)27-35(6)75-55)32(3)28-58(13,53(66)39(49)10)81-57(68)60(14)19-20-62-21-23-72-24-22-62/h31-41,44-52,55-56,64-65H,19-30H2,1-18H3/b59-42+/t32-,33-,34?,35+,36-,37+,38-,39+,40+,41+,44-,45+,46+,47-,48+,49+,50-,51+,52+,55-,56+,58-/m0/s1. The van der Waals surface area contributed by atoms with Crippen molar-refractivity contribution in [2.45, 2.75) is 213 Å². The van der Waals surface area contributed by atoms with E-state index in [1.165, 1.54) is 26.2 Å². The first-order chi connectivity index (χ1) is 38.1. The number of nitrogens with zero attached hydrogens (tertiary/aromatic N) is 4. The lowest BCUT2D eigenvalue weighted by Crippen LogP contribution is -2.59. The highest BCUT2D eigenvalue weighted by atomic mass is 16.7. The summed E-state index contributed by atoms with van der Waals surface area (Å²) in [5.74, 6) is -7.30. The van der Waals surface area contributed by atoms with Crippen LogP contribution in [-0.2, 0) is 76.1 Å². The fourth-order valence-corrected chi connectivity index (χ4v) is 12.2. The Bertz CT molecular complexity index is 2020. The molecule has 0 saturated carbocycles. The first-order valence-corrected chi connectivity index (χ1v) is 29.4. The third-order valence-electron chi connectivity index (χ3n) is 17.1. The number of ether oxygens (including phenoxy) is 12. The maximum absolute atomic E-state index is 16.0. The van der Waals surface area contributed by atoms with Gasteiger partial charge < -0.3 is 81.7 Å². The van der Waals surface area contributed by atoms with Crippen molar-refractivity contribution in [3.63, 3.8) is 0 Å². The molecule has 5 aliphatic heterocycles. The normalized spacial score (nSPS) is 40.2. The van der Waals surface area contributed by atoms with Crippen molar-refractivity contribution in [3.05, 3.63) is 0 Å². The minimum atomic E-state index is -1.94.